The smallest absolute Gasteiger partial charge is 0.329 e. The van der Waals surface area contributed by atoms with Crippen LogP contribution in [0.15, 0.2) is 36.0 Å². The van der Waals surface area contributed by atoms with E-state index in [-0.39, 0.29) is 23.7 Å². The number of likely N-dealkylation sites (N-methyl/N-ethyl adjacent to an activating group) is 1. The maximum absolute atomic E-state index is 12.3. The van der Waals surface area contributed by atoms with Crippen molar-refractivity contribution in [1.82, 2.24) is 5.32 Å². The van der Waals surface area contributed by atoms with Gasteiger partial charge < -0.3 is 15.0 Å². The van der Waals surface area contributed by atoms with E-state index in [0.717, 1.165) is 16.9 Å². The van der Waals surface area contributed by atoms with Gasteiger partial charge in [0.1, 0.15) is 6.04 Å². The third-order valence-electron chi connectivity index (χ3n) is 4.87. The highest BCUT2D eigenvalue weighted by Gasteiger charge is 2.38. The lowest BCUT2D eigenvalue weighted by molar-refractivity contribution is -0.149. The normalized spacial score (nSPS) is 22.7. The van der Waals surface area contributed by atoms with E-state index >= 15 is 0 Å². The van der Waals surface area contributed by atoms with Gasteiger partial charge in [0.15, 0.2) is 12.4 Å². The number of nitrogens with zero attached hydrogens (tertiary/aromatic N) is 1. The van der Waals surface area contributed by atoms with Crippen molar-refractivity contribution in [3.63, 3.8) is 0 Å². The summed E-state index contributed by atoms with van der Waals surface area (Å²) in [5.41, 5.74) is 2.79. The van der Waals surface area contributed by atoms with Gasteiger partial charge in [-0.05, 0) is 18.1 Å². The van der Waals surface area contributed by atoms with Crippen LogP contribution >= 0.6 is 0 Å². The van der Waals surface area contributed by atoms with Gasteiger partial charge in [-0.15, -0.1) is 0 Å². The zero-order chi connectivity index (χ0) is 18.2. The van der Waals surface area contributed by atoms with Crippen molar-refractivity contribution >= 4 is 23.3 Å². The van der Waals surface area contributed by atoms with Gasteiger partial charge in [0, 0.05) is 36.3 Å². The van der Waals surface area contributed by atoms with Gasteiger partial charge in [-0.25, -0.2) is 4.79 Å². The number of carbonyl (C=O) groups excluding carboxylic acids is 3. The van der Waals surface area contributed by atoms with Crippen LogP contribution in [0.25, 0.3) is 0 Å². The highest BCUT2D eigenvalue weighted by molar-refractivity contribution is 5.95. The Morgan fingerprint density at radius 1 is 1.36 bits per heavy atom. The van der Waals surface area contributed by atoms with Gasteiger partial charge in [-0.3, -0.25) is 9.59 Å². The number of ketones is 1. The number of amides is 1. The summed E-state index contributed by atoms with van der Waals surface area (Å²) in [6.07, 6.45) is 2.27. The fraction of sp³-hybridized carbons (Fsp3) is 0.421. The number of ether oxygens (including phenoxy) is 1. The molecule has 1 aromatic rings. The minimum atomic E-state index is -0.636. The van der Waals surface area contributed by atoms with E-state index < -0.39 is 12.0 Å². The topological polar surface area (TPSA) is 75.7 Å². The van der Waals surface area contributed by atoms with Crippen LogP contribution in [0, 0.1) is 0 Å². The van der Waals surface area contributed by atoms with Crippen LogP contribution in [0.3, 0.4) is 0 Å². The molecule has 1 aromatic carbocycles. The molecule has 0 aromatic heterocycles. The molecule has 1 atom stereocenters. The molecule has 132 valence electrons. The minimum Gasteiger partial charge on any atom is -0.456 e. The number of hydrogen-bond acceptors (Lipinski definition) is 5. The maximum Gasteiger partial charge on any atom is 0.329 e. The Morgan fingerprint density at radius 2 is 2.08 bits per heavy atom. The van der Waals surface area contributed by atoms with Gasteiger partial charge in [-0.2, -0.15) is 0 Å². The van der Waals surface area contributed by atoms with Gasteiger partial charge in [-0.1, -0.05) is 32.0 Å². The highest BCUT2D eigenvalue weighted by atomic mass is 16.5. The summed E-state index contributed by atoms with van der Waals surface area (Å²) in [6.45, 7) is 3.80. The molecule has 1 unspecified atom stereocenters. The average Bonchev–Trinajstić information content (AvgIpc) is 3.09. The van der Waals surface area contributed by atoms with Gasteiger partial charge in [0.05, 0.1) is 0 Å². The maximum atomic E-state index is 12.3. The Balaban J connectivity index is 1.68. The number of carbonyl (C=O) groups is 3. The van der Waals surface area contributed by atoms with Crippen molar-refractivity contribution in [2.24, 2.45) is 0 Å². The lowest BCUT2D eigenvalue weighted by Gasteiger charge is -2.24. The summed E-state index contributed by atoms with van der Waals surface area (Å²) < 4.78 is 5.06. The summed E-state index contributed by atoms with van der Waals surface area (Å²) in [6, 6.07) is 7.39. The van der Waals surface area contributed by atoms with Crippen LogP contribution in [0.5, 0.6) is 0 Å². The second-order valence-electron chi connectivity index (χ2n) is 6.96. The number of benzene rings is 1. The van der Waals surface area contributed by atoms with E-state index in [2.05, 4.69) is 25.2 Å². The van der Waals surface area contributed by atoms with Crippen molar-refractivity contribution in [3.05, 3.63) is 41.6 Å². The standard InChI is InChI=1S/C19H22N2O4/c1-19(2)13-6-4-5-7-15(13)21(3)16(19)10-12(22)11-25-18(24)14-8-9-17(23)20-14/h4-7,10,14H,8-9,11H2,1-3H3,(H,20,23). The molecule has 0 spiro atoms. The summed E-state index contributed by atoms with van der Waals surface area (Å²) in [4.78, 5) is 37.3. The predicted molar refractivity (Wildman–Crippen MR) is 93.1 cm³/mol. The molecule has 1 saturated heterocycles. The molecule has 2 heterocycles. The summed E-state index contributed by atoms with van der Waals surface area (Å²) in [7, 11) is 1.92. The van der Waals surface area contributed by atoms with E-state index in [4.69, 9.17) is 4.74 Å². The molecule has 2 aliphatic heterocycles. The Hall–Kier alpha value is -2.63. The monoisotopic (exact) mass is 342 g/mol. The summed E-state index contributed by atoms with van der Waals surface area (Å²) in [5, 5.41) is 2.53. The second kappa shape index (κ2) is 6.35. The zero-order valence-electron chi connectivity index (χ0n) is 14.7. The van der Waals surface area contributed by atoms with Crippen molar-refractivity contribution in [3.8, 4) is 0 Å². The molecule has 25 heavy (non-hydrogen) atoms. The fourth-order valence-corrected chi connectivity index (χ4v) is 3.49. The molecular weight excluding hydrogens is 320 g/mol. The number of anilines is 1. The molecule has 3 rings (SSSR count). The van der Waals surface area contributed by atoms with Crippen molar-refractivity contribution in [2.75, 3.05) is 18.6 Å². The average molecular weight is 342 g/mol. The van der Waals surface area contributed by atoms with Crippen LogP contribution in [0.1, 0.15) is 32.3 Å². The molecule has 0 saturated carbocycles. The van der Waals surface area contributed by atoms with Crippen LogP contribution in [-0.4, -0.2) is 37.4 Å². The van der Waals surface area contributed by atoms with E-state index in [0.29, 0.717) is 12.8 Å². The Morgan fingerprint density at radius 3 is 2.72 bits per heavy atom. The molecule has 6 heteroatoms. The molecule has 1 N–H and O–H groups in total. The lowest BCUT2D eigenvalue weighted by atomic mass is 9.83. The SMILES string of the molecule is CN1C(=CC(=O)COC(=O)C2CCC(=O)N2)C(C)(C)c2ccccc21. The van der Waals surface area contributed by atoms with Gasteiger partial charge in [0.2, 0.25) is 5.91 Å². The third kappa shape index (κ3) is 3.16. The lowest BCUT2D eigenvalue weighted by Crippen LogP contribution is -2.35. The first-order chi connectivity index (χ1) is 11.8. The molecule has 2 aliphatic rings. The number of allylic oxidation sites excluding steroid dienone is 1. The highest BCUT2D eigenvalue weighted by Crippen LogP contribution is 2.46. The number of rotatable bonds is 4. The van der Waals surface area contributed by atoms with Crippen LogP contribution in [0.2, 0.25) is 0 Å². The van der Waals surface area contributed by atoms with E-state index in [9.17, 15) is 14.4 Å². The zero-order valence-corrected chi connectivity index (χ0v) is 14.7. The fourth-order valence-electron chi connectivity index (χ4n) is 3.49. The van der Waals surface area contributed by atoms with Gasteiger partial charge >= 0.3 is 5.97 Å². The van der Waals surface area contributed by atoms with Crippen LogP contribution in [-0.2, 0) is 24.5 Å². The Labute approximate surface area is 146 Å². The molecule has 0 bridgehead atoms. The van der Waals surface area contributed by atoms with Gasteiger partial charge in [0.25, 0.3) is 0 Å². The quantitative estimate of drug-likeness (QED) is 0.666. The number of hydrogen-bond donors (Lipinski definition) is 1. The molecule has 1 fully saturated rings. The first kappa shape index (κ1) is 17.2. The molecular formula is C19H22N2O4. The summed E-state index contributed by atoms with van der Waals surface area (Å²) in [5.74, 6) is -0.997. The molecule has 6 nitrogen and oxygen atoms in total. The second-order valence-corrected chi connectivity index (χ2v) is 6.96. The van der Waals surface area contributed by atoms with Crippen molar-refractivity contribution < 1.29 is 19.1 Å². The number of para-hydroxylation sites is 1. The number of esters is 1. The van der Waals surface area contributed by atoms with Crippen molar-refractivity contribution in [2.45, 2.75) is 38.1 Å². The van der Waals surface area contributed by atoms with Crippen LogP contribution in [0.4, 0.5) is 5.69 Å². The third-order valence-corrected chi connectivity index (χ3v) is 4.87. The molecule has 0 aliphatic carbocycles. The largest absolute Gasteiger partial charge is 0.456 e. The number of fused-ring (bicyclic) bond motifs is 1. The Kier molecular flexibility index (Phi) is 4.37. The molecule has 0 radical (unpaired) electrons. The van der Waals surface area contributed by atoms with Crippen molar-refractivity contribution in [1.29, 1.82) is 0 Å². The minimum absolute atomic E-state index is 0.164. The van der Waals surface area contributed by atoms with E-state index in [1.165, 1.54) is 0 Å². The molecule has 1 amide bonds. The van der Waals surface area contributed by atoms with Crippen LogP contribution < -0.4 is 10.2 Å². The van der Waals surface area contributed by atoms with E-state index in [1.54, 1.807) is 6.08 Å². The number of nitrogens with one attached hydrogen (secondary N) is 1. The van der Waals surface area contributed by atoms with E-state index in [1.807, 2.05) is 30.1 Å². The summed E-state index contributed by atoms with van der Waals surface area (Å²) >= 11 is 0. The first-order valence-electron chi connectivity index (χ1n) is 8.35. The Bertz CT molecular complexity index is 766. The first-order valence-corrected chi connectivity index (χ1v) is 8.35. The predicted octanol–water partition coefficient (Wildman–Crippen LogP) is 1.69.